The van der Waals surface area contributed by atoms with Gasteiger partial charge in [-0.05, 0) is 40.3 Å². The first-order valence-electron chi connectivity index (χ1n) is 9.08. The molecule has 5 nitrogen and oxygen atoms in total. The lowest BCUT2D eigenvalue weighted by molar-refractivity contribution is -0.116. The zero-order chi connectivity index (χ0) is 20.9. The molecule has 2 rings (SSSR count). The molecule has 0 saturated heterocycles. The molecular formula is C22H28N2O3S. The highest BCUT2D eigenvalue weighted by Gasteiger charge is 2.16. The number of sulfonamides is 1. The number of rotatable bonds is 6. The fourth-order valence-corrected chi connectivity index (χ4v) is 3.41. The Kier molecular flexibility index (Phi) is 6.80. The second kappa shape index (κ2) is 8.71. The molecule has 28 heavy (non-hydrogen) atoms. The molecule has 0 heterocycles. The molecule has 0 saturated carbocycles. The molecule has 0 aliphatic carbocycles. The number of carbonyl (C=O) groups is 1. The third-order valence-electron chi connectivity index (χ3n) is 4.37. The predicted octanol–water partition coefficient (Wildman–Crippen LogP) is 3.56. The van der Waals surface area contributed by atoms with E-state index < -0.39 is 10.0 Å². The summed E-state index contributed by atoms with van der Waals surface area (Å²) in [5, 5.41) is 2.80. The van der Waals surface area contributed by atoms with E-state index in [2.05, 4.69) is 38.2 Å². The summed E-state index contributed by atoms with van der Waals surface area (Å²) in [6.07, 6.45) is 3.27. The molecule has 0 bridgehead atoms. The number of hydrogen-bond donors (Lipinski definition) is 1. The maximum absolute atomic E-state index is 12.1. The quantitative estimate of drug-likeness (QED) is 0.754. The lowest BCUT2D eigenvalue weighted by Crippen LogP contribution is -2.22. The normalized spacial score (nSPS) is 12.5. The highest BCUT2D eigenvalue weighted by atomic mass is 32.2. The fraction of sp³-hybridized carbons (Fsp3) is 0.318. The smallest absolute Gasteiger partial charge is 0.244 e. The van der Waals surface area contributed by atoms with Crippen LogP contribution in [0.15, 0.2) is 59.5 Å². The van der Waals surface area contributed by atoms with E-state index in [4.69, 9.17) is 0 Å². The fourth-order valence-electron chi connectivity index (χ4n) is 2.50. The Hall–Kier alpha value is -2.44. The number of amides is 1. The van der Waals surface area contributed by atoms with Crippen molar-refractivity contribution in [3.63, 3.8) is 0 Å². The van der Waals surface area contributed by atoms with Crippen LogP contribution in [0.4, 0.5) is 0 Å². The van der Waals surface area contributed by atoms with Crippen molar-refractivity contribution >= 4 is 22.0 Å². The Labute approximate surface area is 168 Å². The van der Waals surface area contributed by atoms with Crippen LogP contribution in [0.3, 0.4) is 0 Å². The van der Waals surface area contributed by atoms with E-state index in [1.807, 2.05) is 12.1 Å². The molecular weight excluding hydrogens is 372 g/mol. The minimum atomic E-state index is -3.44. The van der Waals surface area contributed by atoms with Crippen LogP contribution < -0.4 is 5.32 Å². The number of nitrogens with zero attached hydrogens (tertiary/aromatic N) is 1. The van der Waals surface area contributed by atoms with E-state index in [0.29, 0.717) is 6.54 Å². The predicted molar refractivity (Wildman–Crippen MR) is 113 cm³/mol. The minimum absolute atomic E-state index is 0.0983. The molecule has 0 aliphatic heterocycles. The topological polar surface area (TPSA) is 66.5 Å². The van der Waals surface area contributed by atoms with Crippen molar-refractivity contribution in [2.45, 2.75) is 37.6 Å². The Morgan fingerprint density at radius 3 is 2.07 bits per heavy atom. The van der Waals surface area contributed by atoms with Gasteiger partial charge in [0.2, 0.25) is 15.9 Å². The lowest BCUT2D eigenvalue weighted by atomic mass is 9.87. The third kappa shape index (κ3) is 5.78. The highest BCUT2D eigenvalue weighted by Crippen LogP contribution is 2.22. The zero-order valence-electron chi connectivity index (χ0n) is 17.1. The van der Waals surface area contributed by atoms with Gasteiger partial charge in [0, 0.05) is 26.7 Å². The summed E-state index contributed by atoms with van der Waals surface area (Å²) in [6.45, 7) is 6.81. The van der Waals surface area contributed by atoms with E-state index in [1.54, 1.807) is 30.3 Å². The van der Waals surface area contributed by atoms with Crippen LogP contribution in [0, 0.1) is 0 Å². The average Bonchev–Trinajstić information content (AvgIpc) is 2.64. The molecule has 0 aromatic heterocycles. The number of benzene rings is 2. The summed E-state index contributed by atoms with van der Waals surface area (Å²) >= 11 is 0. The summed E-state index contributed by atoms with van der Waals surface area (Å²) in [6, 6.07) is 14.6. The molecule has 2 aromatic carbocycles. The molecule has 0 unspecified atom stereocenters. The van der Waals surface area contributed by atoms with E-state index in [-0.39, 0.29) is 16.2 Å². The van der Waals surface area contributed by atoms with Gasteiger partial charge in [0.05, 0.1) is 4.90 Å². The van der Waals surface area contributed by atoms with E-state index in [9.17, 15) is 13.2 Å². The summed E-state index contributed by atoms with van der Waals surface area (Å²) in [7, 11) is -0.457. The van der Waals surface area contributed by atoms with Crippen LogP contribution in [0.5, 0.6) is 0 Å². The van der Waals surface area contributed by atoms with Crippen molar-refractivity contribution in [3.8, 4) is 0 Å². The van der Waals surface area contributed by atoms with Crippen LogP contribution in [-0.2, 0) is 26.8 Å². The maximum Gasteiger partial charge on any atom is 0.244 e. The molecule has 0 fully saturated rings. The number of hydrogen-bond acceptors (Lipinski definition) is 3. The van der Waals surface area contributed by atoms with Crippen LogP contribution in [0.1, 0.15) is 37.5 Å². The Morgan fingerprint density at radius 2 is 1.57 bits per heavy atom. The molecule has 0 spiro atoms. The van der Waals surface area contributed by atoms with Crippen molar-refractivity contribution in [2.24, 2.45) is 0 Å². The van der Waals surface area contributed by atoms with Gasteiger partial charge in [-0.1, -0.05) is 57.2 Å². The van der Waals surface area contributed by atoms with Crippen LogP contribution >= 0.6 is 0 Å². The van der Waals surface area contributed by atoms with Gasteiger partial charge in [-0.3, -0.25) is 4.79 Å². The second-order valence-electron chi connectivity index (χ2n) is 7.85. The SMILES string of the molecule is CN(C)S(=O)(=O)c1ccc(CNC(=O)/C=C/c2ccc(C(C)(C)C)cc2)cc1. The van der Waals surface area contributed by atoms with Crippen LogP contribution in [0.25, 0.3) is 6.08 Å². The summed E-state index contributed by atoms with van der Waals surface area (Å²) in [5.74, 6) is -0.204. The molecule has 1 N–H and O–H groups in total. The molecule has 0 aliphatic rings. The summed E-state index contributed by atoms with van der Waals surface area (Å²) in [4.78, 5) is 12.3. The van der Waals surface area contributed by atoms with E-state index in [0.717, 1.165) is 11.1 Å². The van der Waals surface area contributed by atoms with Crippen LogP contribution in [-0.4, -0.2) is 32.7 Å². The van der Waals surface area contributed by atoms with Crippen molar-refractivity contribution in [3.05, 3.63) is 71.3 Å². The Morgan fingerprint density at radius 1 is 1.00 bits per heavy atom. The van der Waals surface area contributed by atoms with Crippen molar-refractivity contribution in [2.75, 3.05) is 14.1 Å². The zero-order valence-corrected chi connectivity index (χ0v) is 17.9. The average molecular weight is 401 g/mol. The molecule has 6 heteroatoms. The standard InChI is InChI=1S/C22H28N2O3S/c1-22(2,3)19-11-6-17(7-12-19)10-15-21(25)23-16-18-8-13-20(14-9-18)28(26,27)24(4)5/h6-15H,16H2,1-5H3,(H,23,25)/b15-10+. The highest BCUT2D eigenvalue weighted by molar-refractivity contribution is 7.89. The first-order valence-corrected chi connectivity index (χ1v) is 10.5. The van der Waals surface area contributed by atoms with Gasteiger partial charge in [-0.2, -0.15) is 0 Å². The summed E-state index contributed by atoms with van der Waals surface area (Å²) < 4.78 is 25.3. The van der Waals surface area contributed by atoms with Gasteiger partial charge in [0.15, 0.2) is 0 Å². The van der Waals surface area contributed by atoms with Crippen LogP contribution in [0.2, 0.25) is 0 Å². The lowest BCUT2D eigenvalue weighted by Gasteiger charge is -2.18. The Balaban J connectivity index is 1.93. The van der Waals surface area contributed by atoms with E-state index >= 15 is 0 Å². The van der Waals surface area contributed by atoms with Gasteiger partial charge in [-0.15, -0.1) is 0 Å². The maximum atomic E-state index is 12.1. The van der Waals surface area contributed by atoms with Crippen molar-refractivity contribution in [1.29, 1.82) is 0 Å². The monoisotopic (exact) mass is 400 g/mol. The second-order valence-corrected chi connectivity index (χ2v) is 10.0. The van der Waals surface area contributed by atoms with Gasteiger partial charge in [0.25, 0.3) is 0 Å². The summed E-state index contributed by atoms with van der Waals surface area (Å²) in [5.41, 5.74) is 3.13. The van der Waals surface area contributed by atoms with Gasteiger partial charge in [-0.25, -0.2) is 12.7 Å². The van der Waals surface area contributed by atoms with Gasteiger partial charge < -0.3 is 5.32 Å². The first-order chi connectivity index (χ1) is 13.0. The molecule has 1 amide bonds. The minimum Gasteiger partial charge on any atom is -0.348 e. The number of nitrogens with one attached hydrogen (secondary N) is 1. The number of carbonyl (C=O) groups excluding carboxylic acids is 1. The van der Waals surface area contributed by atoms with Crippen molar-refractivity contribution in [1.82, 2.24) is 9.62 Å². The third-order valence-corrected chi connectivity index (χ3v) is 6.20. The van der Waals surface area contributed by atoms with Gasteiger partial charge >= 0.3 is 0 Å². The molecule has 0 radical (unpaired) electrons. The molecule has 0 atom stereocenters. The van der Waals surface area contributed by atoms with E-state index in [1.165, 1.54) is 30.0 Å². The largest absolute Gasteiger partial charge is 0.348 e. The molecule has 2 aromatic rings. The van der Waals surface area contributed by atoms with Gasteiger partial charge in [0.1, 0.15) is 0 Å². The van der Waals surface area contributed by atoms with Crippen molar-refractivity contribution < 1.29 is 13.2 Å². The molecule has 150 valence electrons. The first kappa shape index (κ1) is 21.9. The Bertz CT molecular complexity index is 937.